The Balaban J connectivity index is 2.11. The molecule has 1 aliphatic rings. The Kier molecular flexibility index (Phi) is 3.44. The van der Waals surface area contributed by atoms with Crippen LogP contribution in [0.1, 0.15) is 37.8 Å². The second kappa shape index (κ2) is 4.83. The Morgan fingerprint density at radius 1 is 1.56 bits per heavy atom. The van der Waals surface area contributed by atoms with Crippen molar-refractivity contribution in [3.8, 4) is 0 Å². The van der Waals surface area contributed by atoms with Gasteiger partial charge in [-0.25, -0.2) is 4.98 Å². The molecule has 1 fully saturated rings. The van der Waals surface area contributed by atoms with Crippen molar-refractivity contribution in [3.63, 3.8) is 0 Å². The first-order chi connectivity index (χ1) is 7.68. The molecule has 1 atom stereocenters. The maximum atomic E-state index is 5.96. The van der Waals surface area contributed by atoms with Gasteiger partial charge in [0.15, 0.2) is 0 Å². The van der Waals surface area contributed by atoms with Gasteiger partial charge in [0.2, 0.25) is 0 Å². The second-order valence-corrected chi connectivity index (χ2v) is 4.88. The van der Waals surface area contributed by atoms with E-state index in [1.807, 2.05) is 19.2 Å². The zero-order valence-electron chi connectivity index (χ0n) is 10.2. The van der Waals surface area contributed by atoms with Crippen molar-refractivity contribution in [1.29, 1.82) is 0 Å². The molecule has 3 nitrogen and oxygen atoms in total. The van der Waals surface area contributed by atoms with Crippen LogP contribution < -0.4 is 10.6 Å². The van der Waals surface area contributed by atoms with Crippen LogP contribution in [0.15, 0.2) is 18.3 Å². The second-order valence-electron chi connectivity index (χ2n) is 4.88. The molecule has 3 heteroatoms. The van der Waals surface area contributed by atoms with E-state index >= 15 is 0 Å². The highest BCUT2D eigenvalue weighted by Crippen LogP contribution is 2.29. The molecule has 1 aromatic rings. The summed E-state index contributed by atoms with van der Waals surface area (Å²) >= 11 is 0. The van der Waals surface area contributed by atoms with Crippen LogP contribution in [0.2, 0.25) is 0 Å². The molecule has 0 aliphatic heterocycles. The van der Waals surface area contributed by atoms with Gasteiger partial charge in [-0.2, -0.15) is 0 Å². The summed E-state index contributed by atoms with van der Waals surface area (Å²) in [5.74, 6) is 1.90. The topological polar surface area (TPSA) is 42.1 Å². The molecule has 1 aromatic heterocycles. The lowest BCUT2D eigenvalue weighted by molar-refractivity contribution is 0.321. The largest absolute Gasteiger partial charge is 0.359 e. The minimum atomic E-state index is 0.0486. The molecule has 16 heavy (non-hydrogen) atoms. The zero-order chi connectivity index (χ0) is 11.5. The fourth-order valence-electron chi connectivity index (χ4n) is 2.23. The van der Waals surface area contributed by atoms with Crippen LogP contribution in [0.4, 0.5) is 5.82 Å². The maximum absolute atomic E-state index is 5.96. The van der Waals surface area contributed by atoms with Gasteiger partial charge in [0.05, 0.1) is 0 Å². The third-order valence-electron chi connectivity index (χ3n) is 3.43. The average molecular weight is 219 g/mol. The van der Waals surface area contributed by atoms with Crippen LogP contribution in [0.5, 0.6) is 0 Å². The first-order valence-corrected chi connectivity index (χ1v) is 6.10. The minimum Gasteiger partial charge on any atom is -0.359 e. The van der Waals surface area contributed by atoms with Crippen molar-refractivity contribution < 1.29 is 0 Å². The van der Waals surface area contributed by atoms with Crippen molar-refractivity contribution in [2.75, 3.05) is 18.5 Å². The molecule has 1 saturated carbocycles. The summed E-state index contributed by atoms with van der Waals surface area (Å²) in [6.07, 6.45) is 5.97. The number of anilines is 1. The SMILES string of the molecule is C[C@@H](N)c1cccnc1N(C)CC1CCC1. The lowest BCUT2D eigenvalue weighted by Crippen LogP contribution is -2.31. The molecule has 0 radical (unpaired) electrons. The van der Waals surface area contributed by atoms with Crippen LogP contribution in [-0.2, 0) is 0 Å². The molecule has 2 rings (SSSR count). The lowest BCUT2D eigenvalue weighted by atomic mass is 9.85. The summed E-state index contributed by atoms with van der Waals surface area (Å²) in [5, 5.41) is 0. The fraction of sp³-hybridized carbons (Fsp3) is 0.615. The van der Waals surface area contributed by atoms with Gasteiger partial charge in [-0.15, -0.1) is 0 Å². The van der Waals surface area contributed by atoms with Crippen LogP contribution in [-0.4, -0.2) is 18.6 Å². The summed E-state index contributed by atoms with van der Waals surface area (Å²) in [4.78, 5) is 6.71. The first kappa shape index (κ1) is 11.4. The van der Waals surface area contributed by atoms with Crippen molar-refractivity contribution in [2.45, 2.75) is 32.2 Å². The smallest absolute Gasteiger partial charge is 0.133 e. The number of pyridine rings is 1. The third kappa shape index (κ3) is 2.35. The molecule has 0 unspecified atom stereocenters. The molecule has 1 heterocycles. The van der Waals surface area contributed by atoms with Gasteiger partial charge in [-0.3, -0.25) is 0 Å². The molecule has 0 aromatic carbocycles. The summed E-state index contributed by atoms with van der Waals surface area (Å²) in [7, 11) is 2.12. The van der Waals surface area contributed by atoms with E-state index in [1.54, 1.807) is 0 Å². The fourth-order valence-corrected chi connectivity index (χ4v) is 2.23. The molecular weight excluding hydrogens is 198 g/mol. The number of nitrogens with zero attached hydrogens (tertiary/aromatic N) is 2. The summed E-state index contributed by atoms with van der Waals surface area (Å²) in [6, 6.07) is 4.08. The maximum Gasteiger partial charge on any atom is 0.133 e. The van der Waals surface area contributed by atoms with Crippen LogP contribution in [0.25, 0.3) is 0 Å². The Hall–Kier alpha value is -1.09. The number of rotatable bonds is 4. The average Bonchev–Trinajstić information content (AvgIpc) is 2.23. The standard InChI is InChI=1S/C13H21N3/c1-10(14)12-7-4-8-15-13(12)16(2)9-11-5-3-6-11/h4,7-8,10-11H,3,5-6,9,14H2,1-2H3/t10-/m1/s1. The van der Waals surface area contributed by atoms with Gasteiger partial charge in [0.1, 0.15) is 5.82 Å². The van der Waals surface area contributed by atoms with Crippen LogP contribution >= 0.6 is 0 Å². The van der Waals surface area contributed by atoms with Gasteiger partial charge in [0, 0.05) is 31.4 Å². The van der Waals surface area contributed by atoms with E-state index in [2.05, 4.69) is 23.0 Å². The monoisotopic (exact) mass is 219 g/mol. The van der Waals surface area contributed by atoms with E-state index in [0.717, 1.165) is 23.8 Å². The number of hydrogen-bond donors (Lipinski definition) is 1. The first-order valence-electron chi connectivity index (χ1n) is 6.10. The minimum absolute atomic E-state index is 0.0486. The van der Waals surface area contributed by atoms with E-state index in [0.29, 0.717) is 0 Å². The van der Waals surface area contributed by atoms with E-state index in [1.165, 1.54) is 19.3 Å². The Labute approximate surface area is 97.7 Å². The molecule has 88 valence electrons. The highest BCUT2D eigenvalue weighted by Gasteiger charge is 2.21. The van der Waals surface area contributed by atoms with Crippen molar-refractivity contribution >= 4 is 5.82 Å². The number of nitrogens with two attached hydrogens (primary N) is 1. The predicted molar refractivity (Wildman–Crippen MR) is 67.5 cm³/mol. The quantitative estimate of drug-likeness (QED) is 0.845. The van der Waals surface area contributed by atoms with Crippen LogP contribution in [0.3, 0.4) is 0 Å². The van der Waals surface area contributed by atoms with Crippen molar-refractivity contribution in [3.05, 3.63) is 23.9 Å². The lowest BCUT2D eigenvalue weighted by Gasteiger charge is -2.31. The third-order valence-corrected chi connectivity index (χ3v) is 3.43. The van der Waals surface area contributed by atoms with Gasteiger partial charge >= 0.3 is 0 Å². The van der Waals surface area contributed by atoms with E-state index < -0.39 is 0 Å². The van der Waals surface area contributed by atoms with Crippen molar-refractivity contribution in [2.24, 2.45) is 11.7 Å². The van der Waals surface area contributed by atoms with Gasteiger partial charge in [-0.1, -0.05) is 12.5 Å². The Bertz CT molecular complexity index is 345. The van der Waals surface area contributed by atoms with Crippen molar-refractivity contribution in [1.82, 2.24) is 4.98 Å². The Morgan fingerprint density at radius 3 is 2.88 bits per heavy atom. The van der Waals surface area contributed by atoms with E-state index in [9.17, 15) is 0 Å². The molecule has 0 spiro atoms. The predicted octanol–water partition coefficient (Wildman–Crippen LogP) is 2.34. The normalized spacial score (nSPS) is 17.9. The van der Waals surface area contributed by atoms with Gasteiger partial charge in [-0.05, 0) is 31.7 Å². The molecular formula is C13H21N3. The van der Waals surface area contributed by atoms with Gasteiger partial charge in [0.25, 0.3) is 0 Å². The molecule has 0 bridgehead atoms. The molecule has 1 aliphatic carbocycles. The Morgan fingerprint density at radius 2 is 2.31 bits per heavy atom. The molecule has 0 amide bonds. The molecule has 0 saturated heterocycles. The highest BCUT2D eigenvalue weighted by molar-refractivity contribution is 5.47. The number of aromatic nitrogens is 1. The number of hydrogen-bond acceptors (Lipinski definition) is 3. The highest BCUT2D eigenvalue weighted by atomic mass is 15.2. The summed E-state index contributed by atoms with van der Waals surface area (Å²) in [6.45, 7) is 3.12. The summed E-state index contributed by atoms with van der Waals surface area (Å²) < 4.78 is 0. The van der Waals surface area contributed by atoms with E-state index in [-0.39, 0.29) is 6.04 Å². The van der Waals surface area contributed by atoms with Gasteiger partial charge < -0.3 is 10.6 Å². The summed E-state index contributed by atoms with van der Waals surface area (Å²) in [5.41, 5.74) is 7.11. The van der Waals surface area contributed by atoms with E-state index in [4.69, 9.17) is 5.73 Å². The zero-order valence-corrected chi connectivity index (χ0v) is 10.2. The molecule has 2 N–H and O–H groups in total. The van der Waals surface area contributed by atoms with Crippen LogP contribution in [0, 0.1) is 5.92 Å².